The molecular formula is C20H34IN5O. The van der Waals surface area contributed by atoms with Crippen molar-refractivity contribution in [2.45, 2.75) is 20.3 Å². The number of benzene rings is 1. The van der Waals surface area contributed by atoms with Crippen molar-refractivity contribution in [1.29, 1.82) is 0 Å². The Morgan fingerprint density at radius 3 is 2.52 bits per heavy atom. The molecule has 1 aromatic carbocycles. The quantitative estimate of drug-likeness (QED) is 0.367. The lowest BCUT2D eigenvalue weighted by Gasteiger charge is -2.37. The molecule has 2 N–H and O–H groups in total. The Labute approximate surface area is 180 Å². The minimum Gasteiger partial charge on any atom is -0.356 e. The molecule has 1 aliphatic heterocycles. The normalized spacial score (nSPS) is 15.4. The van der Waals surface area contributed by atoms with Gasteiger partial charge in [0.05, 0.1) is 0 Å². The van der Waals surface area contributed by atoms with Crippen molar-refractivity contribution in [1.82, 2.24) is 20.4 Å². The Morgan fingerprint density at radius 1 is 1.22 bits per heavy atom. The van der Waals surface area contributed by atoms with Gasteiger partial charge in [0.15, 0.2) is 5.96 Å². The number of nitrogens with one attached hydrogen (secondary N) is 2. The van der Waals surface area contributed by atoms with E-state index in [1.165, 1.54) is 6.54 Å². The fourth-order valence-electron chi connectivity index (χ4n) is 3.32. The first-order valence-corrected chi connectivity index (χ1v) is 9.52. The van der Waals surface area contributed by atoms with Crippen LogP contribution in [-0.2, 0) is 6.42 Å². The summed E-state index contributed by atoms with van der Waals surface area (Å²) in [4.78, 5) is 21.0. The second kappa shape index (κ2) is 12.2. The van der Waals surface area contributed by atoms with E-state index in [-0.39, 0.29) is 29.9 Å². The van der Waals surface area contributed by atoms with Gasteiger partial charge in [-0.1, -0.05) is 26.0 Å². The van der Waals surface area contributed by atoms with Crippen molar-refractivity contribution >= 4 is 35.8 Å². The summed E-state index contributed by atoms with van der Waals surface area (Å²) >= 11 is 0. The van der Waals surface area contributed by atoms with Crippen LogP contribution < -0.4 is 10.6 Å². The number of aliphatic imine (C=N–C) groups is 1. The van der Waals surface area contributed by atoms with Crippen LogP contribution in [0.1, 0.15) is 29.8 Å². The summed E-state index contributed by atoms with van der Waals surface area (Å²) in [6.07, 6.45) is 0.858. The smallest absolute Gasteiger partial charge is 0.251 e. The van der Waals surface area contributed by atoms with Crippen LogP contribution in [0.25, 0.3) is 0 Å². The van der Waals surface area contributed by atoms with E-state index >= 15 is 0 Å². The van der Waals surface area contributed by atoms with Gasteiger partial charge in [0, 0.05) is 58.9 Å². The molecule has 27 heavy (non-hydrogen) atoms. The molecule has 1 heterocycles. The van der Waals surface area contributed by atoms with Crippen molar-refractivity contribution in [2.75, 3.05) is 53.4 Å². The Balaban J connectivity index is 0.00000364. The van der Waals surface area contributed by atoms with E-state index in [9.17, 15) is 4.79 Å². The highest BCUT2D eigenvalue weighted by Gasteiger charge is 2.19. The van der Waals surface area contributed by atoms with Crippen molar-refractivity contribution in [2.24, 2.45) is 10.9 Å². The molecule has 0 atom stereocenters. The molecule has 1 aliphatic rings. The van der Waals surface area contributed by atoms with Gasteiger partial charge in [-0.05, 0) is 30.0 Å². The molecule has 152 valence electrons. The number of amides is 1. The minimum atomic E-state index is -0.0464. The molecule has 1 fully saturated rings. The Bertz CT molecular complexity index is 612. The molecule has 0 unspecified atom stereocenters. The number of nitrogens with zero attached hydrogens (tertiary/aromatic N) is 3. The van der Waals surface area contributed by atoms with Crippen molar-refractivity contribution in [3.8, 4) is 0 Å². The molecule has 6 nitrogen and oxygen atoms in total. The van der Waals surface area contributed by atoms with E-state index in [1.54, 1.807) is 7.05 Å². The number of hydrogen-bond donors (Lipinski definition) is 2. The van der Waals surface area contributed by atoms with Crippen molar-refractivity contribution in [3.63, 3.8) is 0 Å². The first-order valence-electron chi connectivity index (χ1n) is 9.52. The fraction of sp³-hybridized carbons (Fsp3) is 0.600. The van der Waals surface area contributed by atoms with Gasteiger partial charge in [-0.15, -0.1) is 24.0 Å². The number of carbonyl (C=O) groups excluding carboxylic acids is 1. The molecular weight excluding hydrogens is 453 g/mol. The maximum Gasteiger partial charge on any atom is 0.251 e. The van der Waals surface area contributed by atoms with Crippen LogP contribution in [0.15, 0.2) is 29.3 Å². The zero-order valence-electron chi connectivity index (χ0n) is 17.0. The number of halogens is 1. The van der Waals surface area contributed by atoms with Crippen LogP contribution in [0.4, 0.5) is 0 Å². The molecule has 0 saturated carbocycles. The predicted molar refractivity (Wildman–Crippen MR) is 123 cm³/mol. The van der Waals surface area contributed by atoms with Gasteiger partial charge in [0.1, 0.15) is 0 Å². The van der Waals surface area contributed by atoms with Crippen LogP contribution in [-0.4, -0.2) is 75.0 Å². The molecule has 0 radical (unpaired) electrons. The van der Waals surface area contributed by atoms with Gasteiger partial charge in [-0.25, -0.2) is 0 Å². The highest BCUT2D eigenvalue weighted by Crippen LogP contribution is 2.07. The first-order chi connectivity index (χ1) is 12.5. The average molecular weight is 487 g/mol. The maximum atomic E-state index is 11.7. The second-order valence-electron chi connectivity index (χ2n) is 7.18. The largest absolute Gasteiger partial charge is 0.356 e. The van der Waals surface area contributed by atoms with Gasteiger partial charge in [0.25, 0.3) is 5.91 Å². The lowest BCUT2D eigenvalue weighted by atomic mass is 10.1. The number of rotatable bonds is 6. The summed E-state index contributed by atoms with van der Waals surface area (Å²) in [6, 6.07) is 7.78. The molecule has 0 aromatic heterocycles. The lowest BCUT2D eigenvalue weighted by molar-refractivity contribution is 0.0963. The van der Waals surface area contributed by atoms with Gasteiger partial charge in [-0.2, -0.15) is 0 Å². The van der Waals surface area contributed by atoms with Gasteiger partial charge < -0.3 is 15.5 Å². The molecule has 0 aliphatic carbocycles. The zero-order valence-corrected chi connectivity index (χ0v) is 19.3. The number of piperazine rings is 1. The van der Waals surface area contributed by atoms with Gasteiger partial charge in [0.2, 0.25) is 0 Å². The van der Waals surface area contributed by atoms with Gasteiger partial charge >= 0.3 is 0 Å². The summed E-state index contributed by atoms with van der Waals surface area (Å²) < 4.78 is 0. The Kier molecular flexibility index (Phi) is 10.7. The summed E-state index contributed by atoms with van der Waals surface area (Å²) in [7, 11) is 3.50. The van der Waals surface area contributed by atoms with E-state index in [1.807, 2.05) is 25.2 Å². The van der Waals surface area contributed by atoms with Crippen LogP contribution in [0, 0.1) is 5.92 Å². The van der Waals surface area contributed by atoms with Crippen LogP contribution in [0.5, 0.6) is 0 Å². The summed E-state index contributed by atoms with van der Waals surface area (Å²) in [5, 5.41) is 6.13. The van der Waals surface area contributed by atoms with Gasteiger partial charge in [-0.3, -0.25) is 14.7 Å². The molecule has 0 spiro atoms. The van der Waals surface area contributed by atoms with Crippen LogP contribution in [0.2, 0.25) is 0 Å². The van der Waals surface area contributed by atoms with Crippen LogP contribution >= 0.6 is 24.0 Å². The third-order valence-corrected chi connectivity index (χ3v) is 4.62. The number of carbonyl (C=O) groups is 1. The highest BCUT2D eigenvalue weighted by atomic mass is 127. The molecule has 1 saturated heterocycles. The third-order valence-electron chi connectivity index (χ3n) is 4.62. The second-order valence-corrected chi connectivity index (χ2v) is 7.18. The number of hydrogen-bond acceptors (Lipinski definition) is 3. The third kappa shape index (κ3) is 7.65. The zero-order chi connectivity index (χ0) is 18.9. The van der Waals surface area contributed by atoms with E-state index in [2.05, 4.69) is 45.3 Å². The standard InChI is InChI=1S/C20H33N5O.HI/c1-16(2)15-24-10-12-25(13-11-24)20(22-4)23-9-8-17-6-5-7-18(14-17)19(26)21-3;/h5-7,14,16H,8-13,15H2,1-4H3,(H,21,26)(H,22,23);1H. The average Bonchev–Trinajstić information content (AvgIpc) is 2.65. The Hall–Kier alpha value is -1.35. The summed E-state index contributed by atoms with van der Waals surface area (Å²) in [5.41, 5.74) is 1.85. The summed E-state index contributed by atoms with van der Waals surface area (Å²) in [5.74, 6) is 1.64. The molecule has 0 bridgehead atoms. The van der Waals surface area contributed by atoms with E-state index in [0.29, 0.717) is 11.5 Å². The molecule has 7 heteroatoms. The molecule has 2 rings (SSSR count). The number of guanidine groups is 1. The topological polar surface area (TPSA) is 60.0 Å². The monoisotopic (exact) mass is 487 g/mol. The maximum absolute atomic E-state index is 11.7. The SMILES string of the molecule is CN=C(NCCc1cccc(C(=O)NC)c1)N1CCN(CC(C)C)CC1.I. The van der Waals surface area contributed by atoms with Crippen LogP contribution in [0.3, 0.4) is 0 Å². The lowest BCUT2D eigenvalue weighted by Crippen LogP contribution is -2.53. The van der Waals surface area contributed by atoms with E-state index in [0.717, 1.165) is 50.7 Å². The fourth-order valence-corrected chi connectivity index (χ4v) is 3.32. The summed E-state index contributed by atoms with van der Waals surface area (Å²) in [6.45, 7) is 10.7. The first kappa shape index (κ1) is 23.7. The van der Waals surface area contributed by atoms with Crippen molar-refractivity contribution < 1.29 is 4.79 Å². The highest BCUT2D eigenvalue weighted by molar-refractivity contribution is 14.0. The predicted octanol–water partition coefficient (Wildman–Crippen LogP) is 2.06. The molecule has 1 amide bonds. The van der Waals surface area contributed by atoms with E-state index in [4.69, 9.17) is 0 Å². The van der Waals surface area contributed by atoms with Crippen molar-refractivity contribution in [3.05, 3.63) is 35.4 Å². The minimum absolute atomic E-state index is 0. The van der Waals surface area contributed by atoms with E-state index < -0.39 is 0 Å². The Morgan fingerprint density at radius 2 is 1.93 bits per heavy atom. The molecule has 1 aromatic rings.